The van der Waals surface area contributed by atoms with Crippen LogP contribution in [0.15, 0.2) is 11.0 Å². The van der Waals surface area contributed by atoms with Crippen LogP contribution in [0.2, 0.25) is 0 Å². The molecule has 1 aliphatic carbocycles. The number of carbonyl (C=O) groups is 1. The Morgan fingerprint density at radius 3 is 2.00 bits per heavy atom. The molecule has 2 aliphatic rings. The van der Waals surface area contributed by atoms with Crippen LogP contribution >= 0.6 is 0 Å². The molecular weight excluding hydrogens is 388 g/mol. The van der Waals surface area contributed by atoms with Gasteiger partial charge in [-0.2, -0.15) is 4.31 Å². The molecule has 1 saturated carbocycles. The molecule has 0 spiro atoms. The number of benzene rings is 1. The van der Waals surface area contributed by atoms with E-state index in [0.717, 1.165) is 47.9 Å². The van der Waals surface area contributed by atoms with Crippen molar-refractivity contribution in [1.29, 1.82) is 0 Å². The summed E-state index contributed by atoms with van der Waals surface area (Å²) in [5.41, 5.74) is 3.59. The molecule has 2 fully saturated rings. The van der Waals surface area contributed by atoms with Gasteiger partial charge in [0.25, 0.3) is 0 Å². The zero-order chi connectivity index (χ0) is 21.3. The van der Waals surface area contributed by atoms with Crippen molar-refractivity contribution in [1.82, 2.24) is 9.62 Å². The van der Waals surface area contributed by atoms with Crippen LogP contribution in [0.3, 0.4) is 0 Å². The summed E-state index contributed by atoms with van der Waals surface area (Å²) in [6.45, 7) is 8.38. The van der Waals surface area contributed by atoms with Crippen molar-refractivity contribution in [3.05, 3.63) is 28.3 Å². The second-order valence-electron chi connectivity index (χ2n) is 8.78. The van der Waals surface area contributed by atoms with Gasteiger partial charge in [-0.15, -0.1) is 0 Å². The van der Waals surface area contributed by atoms with Crippen LogP contribution in [0.5, 0.6) is 0 Å². The summed E-state index contributed by atoms with van der Waals surface area (Å²) in [6, 6.07) is 2.16. The van der Waals surface area contributed by atoms with Gasteiger partial charge < -0.3 is 10.4 Å². The van der Waals surface area contributed by atoms with Gasteiger partial charge >= 0.3 is 0 Å². The predicted octanol–water partition coefficient (Wildman–Crippen LogP) is 2.74. The third-order valence-corrected chi connectivity index (χ3v) is 8.94. The SMILES string of the molecule is Cc1cc(C)c(C)c(S(=O)(=O)N2CCC(C(=O)NC3CCC(O)CC3)CC2)c1C. The summed E-state index contributed by atoms with van der Waals surface area (Å²) < 4.78 is 28.3. The molecule has 1 aromatic carbocycles. The van der Waals surface area contributed by atoms with E-state index in [4.69, 9.17) is 0 Å². The summed E-state index contributed by atoms with van der Waals surface area (Å²) in [5.74, 6) is -0.114. The lowest BCUT2D eigenvalue weighted by atomic mass is 9.91. The van der Waals surface area contributed by atoms with Crippen LogP contribution in [0.25, 0.3) is 0 Å². The number of sulfonamides is 1. The van der Waals surface area contributed by atoms with Gasteiger partial charge in [0.1, 0.15) is 0 Å². The zero-order valence-corrected chi connectivity index (χ0v) is 18.8. The number of carbonyl (C=O) groups excluding carboxylic acids is 1. The molecule has 1 saturated heterocycles. The Morgan fingerprint density at radius 1 is 0.966 bits per heavy atom. The van der Waals surface area contributed by atoms with Crippen LogP contribution in [-0.4, -0.2) is 49.0 Å². The zero-order valence-electron chi connectivity index (χ0n) is 18.0. The van der Waals surface area contributed by atoms with Gasteiger partial charge in [-0.05, 0) is 88.5 Å². The maximum atomic E-state index is 13.4. The normalized spacial score (nSPS) is 24.4. The molecule has 1 heterocycles. The Morgan fingerprint density at radius 2 is 1.48 bits per heavy atom. The van der Waals surface area contributed by atoms with Gasteiger partial charge in [0.05, 0.1) is 11.0 Å². The average Bonchev–Trinajstić information content (AvgIpc) is 2.68. The Labute approximate surface area is 174 Å². The second kappa shape index (κ2) is 8.74. The van der Waals surface area contributed by atoms with Gasteiger partial charge in [-0.1, -0.05) is 6.07 Å². The molecule has 29 heavy (non-hydrogen) atoms. The molecule has 0 atom stereocenters. The van der Waals surface area contributed by atoms with Crippen LogP contribution in [0.4, 0.5) is 0 Å². The molecule has 1 aliphatic heterocycles. The third kappa shape index (κ3) is 4.67. The number of nitrogens with zero attached hydrogens (tertiary/aromatic N) is 1. The summed E-state index contributed by atoms with van der Waals surface area (Å²) in [4.78, 5) is 13.1. The molecule has 2 N–H and O–H groups in total. The summed E-state index contributed by atoms with van der Waals surface area (Å²) in [5, 5.41) is 12.7. The largest absolute Gasteiger partial charge is 0.393 e. The minimum atomic E-state index is -3.58. The maximum absolute atomic E-state index is 13.4. The van der Waals surface area contributed by atoms with Crippen molar-refractivity contribution in [3.63, 3.8) is 0 Å². The van der Waals surface area contributed by atoms with Crippen LogP contribution in [-0.2, 0) is 14.8 Å². The number of amides is 1. The van der Waals surface area contributed by atoms with E-state index in [0.29, 0.717) is 30.8 Å². The first-order valence-electron chi connectivity index (χ1n) is 10.7. The van der Waals surface area contributed by atoms with E-state index < -0.39 is 10.0 Å². The molecule has 0 aromatic heterocycles. The number of rotatable bonds is 4. The molecule has 3 rings (SSSR count). The fraction of sp³-hybridized carbons (Fsp3) is 0.682. The number of nitrogens with one attached hydrogen (secondary N) is 1. The molecule has 1 amide bonds. The first-order valence-corrected chi connectivity index (χ1v) is 12.1. The van der Waals surface area contributed by atoms with Crippen molar-refractivity contribution in [2.24, 2.45) is 5.92 Å². The van der Waals surface area contributed by atoms with Gasteiger partial charge in [0.2, 0.25) is 15.9 Å². The van der Waals surface area contributed by atoms with E-state index in [2.05, 4.69) is 5.32 Å². The number of aliphatic hydroxyl groups excluding tert-OH is 1. The van der Waals surface area contributed by atoms with Crippen LogP contribution in [0.1, 0.15) is 60.8 Å². The molecule has 0 radical (unpaired) electrons. The Hall–Kier alpha value is -1.44. The molecule has 0 bridgehead atoms. The lowest BCUT2D eigenvalue weighted by molar-refractivity contribution is -0.127. The first-order chi connectivity index (χ1) is 13.6. The molecular formula is C22H34N2O4S. The van der Waals surface area contributed by atoms with E-state index in [9.17, 15) is 18.3 Å². The number of hydrogen-bond donors (Lipinski definition) is 2. The number of piperidine rings is 1. The molecule has 7 heteroatoms. The number of hydrogen-bond acceptors (Lipinski definition) is 4. The lowest BCUT2D eigenvalue weighted by Gasteiger charge is -2.33. The van der Waals surface area contributed by atoms with E-state index in [1.165, 1.54) is 0 Å². The van der Waals surface area contributed by atoms with Crippen molar-refractivity contribution in [2.75, 3.05) is 13.1 Å². The molecule has 162 valence electrons. The van der Waals surface area contributed by atoms with Gasteiger partial charge in [0.15, 0.2) is 0 Å². The van der Waals surface area contributed by atoms with E-state index in [1.807, 2.05) is 33.8 Å². The highest BCUT2D eigenvalue weighted by atomic mass is 32.2. The second-order valence-corrected chi connectivity index (χ2v) is 10.7. The molecule has 6 nitrogen and oxygen atoms in total. The minimum Gasteiger partial charge on any atom is -0.393 e. The minimum absolute atomic E-state index is 0.0298. The first kappa shape index (κ1) is 22.2. The Balaban J connectivity index is 1.65. The summed E-state index contributed by atoms with van der Waals surface area (Å²) >= 11 is 0. The standard InChI is InChI=1S/C22H34N2O4S/c1-14-13-15(2)17(4)21(16(14)3)29(27,28)24-11-9-18(10-12-24)22(26)23-19-5-7-20(25)8-6-19/h13,18-20,25H,5-12H2,1-4H3,(H,23,26). The topological polar surface area (TPSA) is 86.7 Å². The predicted molar refractivity (Wildman–Crippen MR) is 113 cm³/mol. The molecule has 1 aromatic rings. The average molecular weight is 423 g/mol. The van der Waals surface area contributed by atoms with Crippen LogP contribution in [0, 0.1) is 33.6 Å². The van der Waals surface area contributed by atoms with Gasteiger partial charge in [0, 0.05) is 25.0 Å². The highest BCUT2D eigenvalue weighted by Gasteiger charge is 2.35. The van der Waals surface area contributed by atoms with Crippen molar-refractivity contribution in [2.45, 2.75) is 83.3 Å². The fourth-order valence-electron chi connectivity index (χ4n) is 4.59. The van der Waals surface area contributed by atoms with E-state index >= 15 is 0 Å². The van der Waals surface area contributed by atoms with Gasteiger partial charge in [-0.3, -0.25) is 4.79 Å². The lowest BCUT2D eigenvalue weighted by Crippen LogP contribution is -2.46. The van der Waals surface area contributed by atoms with Gasteiger partial charge in [-0.25, -0.2) is 8.42 Å². The Bertz CT molecular complexity index is 839. The number of aliphatic hydroxyl groups is 1. The van der Waals surface area contributed by atoms with Crippen molar-refractivity contribution < 1.29 is 18.3 Å². The quantitative estimate of drug-likeness (QED) is 0.781. The molecule has 0 unspecified atom stereocenters. The maximum Gasteiger partial charge on any atom is 0.243 e. The van der Waals surface area contributed by atoms with Crippen LogP contribution < -0.4 is 5.32 Å². The smallest absolute Gasteiger partial charge is 0.243 e. The van der Waals surface area contributed by atoms with E-state index in [-0.39, 0.29) is 24.0 Å². The fourth-order valence-corrected chi connectivity index (χ4v) is 6.64. The summed E-state index contributed by atoms with van der Waals surface area (Å²) in [6.07, 6.45) is 3.93. The Kier molecular flexibility index (Phi) is 6.70. The number of aryl methyl sites for hydroxylation is 2. The van der Waals surface area contributed by atoms with E-state index in [1.54, 1.807) is 4.31 Å². The monoisotopic (exact) mass is 422 g/mol. The highest BCUT2D eigenvalue weighted by Crippen LogP contribution is 2.31. The summed E-state index contributed by atoms with van der Waals surface area (Å²) in [7, 11) is -3.58. The van der Waals surface area contributed by atoms with Crippen molar-refractivity contribution >= 4 is 15.9 Å². The van der Waals surface area contributed by atoms with Crippen molar-refractivity contribution in [3.8, 4) is 0 Å². The highest BCUT2D eigenvalue weighted by molar-refractivity contribution is 7.89. The third-order valence-electron chi connectivity index (χ3n) is 6.76.